The first-order valence-electron chi connectivity index (χ1n) is 11.0. The van der Waals surface area contributed by atoms with Crippen LogP contribution in [0, 0.1) is 12.8 Å². The third kappa shape index (κ3) is 2.98. The van der Waals surface area contributed by atoms with Crippen LogP contribution in [0.25, 0.3) is 10.9 Å². The van der Waals surface area contributed by atoms with Gasteiger partial charge in [0.25, 0.3) is 0 Å². The average Bonchev–Trinajstić information content (AvgIpc) is 3.12. The van der Waals surface area contributed by atoms with Gasteiger partial charge in [-0.15, -0.1) is 0 Å². The third-order valence-corrected chi connectivity index (χ3v) is 7.90. The van der Waals surface area contributed by atoms with Crippen molar-refractivity contribution in [3.8, 4) is 0 Å². The van der Waals surface area contributed by atoms with E-state index in [1.807, 2.05) is 13.0 Å². The minimum atomic E-state index is -0.118. The number of aryl methyl sites for hydroxylation is 1. The molecule has 0 spiro atoms. The van der Waals surface area contributed by atoms with Crippen LogP contribution >= 0.6 is 11.6 Å². The van der Waals surface area contributed by atoms with Crippen molar-refractivity contribution >= 4 is 28.5 Å². The van der Waals surface area contributed by atoms with E-state index in [-0.39, 0.29) is 11.4 Å². The predicted molar refractivity (Wildman–Crippen MR) is 121 cm³/mol. The van der Waals surface area contributed by atoms with Crippen molar-refractivity contribution in [1.29, 1.82) is 0 Å². The van der Waals surface area contributed by atoms with Gasteiger partial charge in [-0.25, -0.2) is 0 Å². The number of carbonyl (C=O) groups excluding carboxylic acids is 1. The molecule has 0 radical (unpaired) electrons. The largest absolute Gasteiger partial charge is 0.466 e. The number of nitrogens with one attached hydrogen (secondary N) is 1. The SMILES string of the molecule is CCOC(=O)CC12CCC1CC(Cc1ccccc1)c1c2[nH]c2c(C)c(Cl)ccc12. The predicted octanol–water partition coefficient (Wildman–Crippen LogP) is 6.46. The maximum atomic E-state index is 12.6. The molecule has 0 aliphatic heterocycles. The molecule has 0 bridgehead atoms. The van der Waals surface area contributed by atoms with Crippen molar-refractivity contribution in [2.45, 2.75) is 57.3 Å². The Morgan fingerprint density at radius 2 is 2.03 bits per heavy atom. The summed E-state index contributed by atoms with van der Waals surface area (Å²) >= 11 is 6.46. The van der Waals surface area contributed by atoms with Crippen molar-refractivity contribution in [1.82, 2.24) is 4.98 Å². The van der Waals surface area contributed by atoms with Gasteiger partial charge in [-0.1, -0.05) is 48.0 Å². The standard InChI is InChI=1S/C26H28ClNO2/c1-3-30-22(29)15-26-12-11-19(26)14-18(13-17-7-5-4-6-8-17)23-20-9-10-21(27)16(2)24(20)28-25(23)26/h4-10,18-19,28H,3,11-15H2,1-2H3. The van der Waals surface area contributed by atoms with E-state index >= 15 is 0 Å². The number of benzene rings is 2. The fourth-order valence-electron chi connectivity index (χ4n) is 5.92. The highest BCUT2D eigenvalue weighted by Crippen LogP contribution is 2.61. The zero-order valence-electron chi connectivity index (χ0n) is 17.6. The maximum absolute atomic E-state index is 12.6. The summed E-state index contributed by atoms with van der Waals surface area (Å²) in [5.74, 6) is 0.882. The summed E-state index contributed by atoms with van der Waals surface area (Å²) in [7, 11) is 0. The van der Waals surface area contributed by atoms with E-state index in [1.165, 1.54) is 28.6 Å². The van der Waals surface area contributed by atoms with Gasteiger partial charge in [-0.3, -0.25) is 4.79 Å². The number of esters is 1. The first-order chi connectivity index (χ1) is 14.5. The molecule has 4 heteroatoms. The molecule has 1 heterocycles. The van der Waals surface area contributed by atoms with E-state index in [9.17, 15) is 4.79 Å². The first-order valence-corrected chi connectivity index (χ1v) is 11.4. The van der Waals surface area contributed by atoms with Gasteiger partial charge in [-0.05, 0) is 74.1 Å². The minimum absolute atomic E-state index is 0.0805. The molecule has 3 aromatic rings. The lowest BCUT2D eigenvalue weighted by atomic mass is 9.50. The summed E-state index contributed by atoms with van der Waals surface area (Å²) in [5, 5.41) is 2.05. The molecular weight excluding hydrogens is 394 g/mol. The van der Waals surface area contributed by atoms with Crippen LogP contribution in [0.5, 0.6) is 0 Å². The summed E-state index contributed by atoms with van der Waals surface area (Å²) in [6.07, 6.45) is 4.83. The lowest BCUT2D eigenvalue weighted by Crippen LogP contribution is -2.50. The van der Waals surface area contributed by atoms with Crippen LogP contribution in [0.15, 0.2) is 42.5 Å². The van der Waals surface area contributed by atoms with Crippen LogP contribution in [-0.2, 0) is 21.4 Å². The van der Waals surface area contributed by atoms with Crippen LogP contribution in [0.4, 0.5) is 0 Å². The van der Waals surface area contributed by atoms with Crippen LogP contribution < -0.4 is 0 Å². The summed E-state index contributed by atoms with van der Waals surface area (Å²) in [6, 6.07) is 14.9. The number of ether oxygens (including phenoxy) is 1. The molecule has 0 saturated heterocycles. The van der Waals surface area contributed by atoms with Crippen LogP contribution in [0.2, 0.25) is 5.02 Å². The monoisotopic (exact) mass is 421 g/mol. The van der Waals surface area contributed by atoms with Crippen molar-refractivity contribution < 1.29 is 9.53 Å². The first kappa shape index (κ1) is 19.7. The van der Waals surface area contributed by atoms with E-state index in [4.69, 9.17) is 16.3 Å². The third-order valence-electron chi connectivity index (χ3n) is 7.49. The number of carbonyl (C=O) groups is 1. The highest BCUT2D eigenvalue weighted by Gasteiger charge is 2.55. The summed E-state index contributed by atoms with van der Waals surface area (Å²) in [5.41, 5.74) is 6.12. The second-order valence-electron chi connectivity index (χ2n) is 9.00. The Balaban J connectivity index is 1.65. The molecule has 2 aliphatic rings. The van der Waals surface area contributed by atoms with Gasteiger partial charge in [0, 0.05) is 21.5 Å². The van der Waals surface area contributed by atoms with Gasteiger partial charge < -0.3 is 9.72 Å². The molecule has 1 fully saturated rings. The molecule has 0 amide bonds. The second kappa shape index (κ2) is 7.46. The number of rotatable bonds is 5. The molecule has 3 nitrogen and oxygen atoms in total. The summed E-state index contributed by atoms with van der Waals surface area (Å²) in [6.45, 7) is 4.39. The molecule has 5 rings (SSSR count). The second-order valence-corrected chi connectivity index (χ2v) is 9.41. The number of hydrogen-bond donors (Lipinski definition) is 1. The van der Waals surface area contributed by atoms with Gasteiger partial charge in [0.15, 0.2) is 0 Å². The Kier molecular flexibility index (Phi) is 4.89. The Morgan fingerprint density at radius 1 is 1.23 bits per heavy atom. The van der Waals surface area contributed by atoms with Crippen molar-refractivity contribution in [2.24, 2.45) is 5.92 Å². The lowest BCUT2D eigenvalue weighted by molar-refractivity contribution is -0.147. The van der Waals surface area contributed by atoms with E-state index < -0.39 is 0 Å². The van der Waals surface area contributed by atoms with Crippen LogP contribution in [-0.4, -0.2) is 17.6 Å². The van der Waals surface area contributed by atoms with E-state index in [0.29, 0.717) is 24.9 Å². The smallest absolute Gasteiger partial charge is 0.306 e. The Hall–Kier alpha value is -2.26. The Labute approximate surface area is 182 Å². The number of H-pyrrole nitrogens is 1. The zero-order chi connectivity index (χ0) is 20.9. The van der Waals surface area contributed by atoms with E-state index in [1.54, 1.807) is 0 Å². The zero-order valence-corrected chi connectivity index (χ0v) is 18.4. The van der Waals surface area contributed by atoms with Crippen molar-refractivity contribution in [2.75, 3.05) is 6.61 Å². The molecule has 3 unspecified atom stereocenters. The molecule has 1 N–H and O–H groups in total. The normalized spacial score (nSPS) is 24.8. The van der Waals surface area contributed by atoms with Gasteiger partial charge in [-0.2, -0.15) is 0 Å². The number of aromatic nitrogens is 1. The molecule has 3 atom stereocenters. The number of fused-ring (bicyclic) bond motifs is 5. The topological polar surface area (TPSA) is 42.1 Å². The maximum Gasteiger partial charge on any atom is 0.306 e. The van der Waals surface area contributed by atoms with Crippen LogP contribution in [0.1, 0.15) is 60.9 Å². The van der Waals surface area contributed by atoms with E-state index in [2.05, 4.69) is 48.3 Å². The highest BCUT2D eigenvalue weighted by atomic mass is 35.5. The van der Waals surface area contributed by atoms with Gasteiger partial charge in [0.2, 0.25) is 0 Å². The number of hydrogen-bond acceptors (Lipinski definition) is 2. The van der Waals surface area contributed by atoms with Gasteiger partial charge in [0.05, 0.1) is 18.5 Å². The molecule has 1 saturated carbocycles. The van der Waals surface area contributed by atoms with Crippen LogP contribution in [0.3, 0.4) is 0 Å². The quantitative estimate of drug-likeness (QED) is 0.480. The molecule has 156 valence electrons. The Bertz CT molecular complexity index is 1100. The molecule has 30 heavy (non-hydrogen) atoms. The van der Waals surface area contributed by atoms with Gasteiger partial charge in [0.1, 0.15) is 0 Å². The van der Waals surface area contributed by atoms with Crippen molar-refractivity contribution in [3.05, 3.63) is 69.9 Å². The highest BCUT2D eigenvalue weighted by molar-refractivity contribution is 6.32. The summed E-state index contributed by atoms with van der Waals surface area (Å²) in [4.78, 5) is 16.3. The molecule has 2 aliphatic carbocycles. The molecule has 2 aromatic carbocycles. The van der Waals surface area contributed by atoms with Crippen molar-refractivity contribution in [3.63, 3.8) is 0 Å². The Morgan fingerprint density at radius 3 is 2.73 bits per heavy atom. The van der Waals surface area contributed by atoms with Gasteiger partial charge >= 0.3 is 5.97 Å². The average molecular weight is 422 g/mol. The molecule has 1 aromatic heterocycles. The lowest BCUT2D eigenvalue weighted by Gasteiger charge is -2.54. The number of aromatic amines is 1. The molecular formula is C26H28ClNO2. The summed E-state index contributed by atoms with van der Waals surface area (Å²) < 4.78 is 5.37. The van der Waals surface area contributed by atoms with E-state index in [0.717, 1.165) is 35.4 Å². The number of halogens is 1. The minimum Gasteiger partial charge on any atom is -0.466 e. The fourth-order valence-corrected chi connectivity index (χ4v) is 6.08. The fraction of sp³-hybridized carbons (Fsp3) is 0.423.